The summed E-state index contributed by atoms with van der Waals surface area (Å²) in [6, 6.07) is 15.0. The Bertz CT molecular complexity index is 571. The Labute approximate surface area is 114 Å². The summed E-state index contributed by atoms with van der Waals surface area (Å²) in [4.78, 5) is 12.5. The molecule has 0 amide bonds. The maximum atomic E-state index is 12.5. The van der Waals surface area contributed by atoms with Gasteiger partial charge in [0.05, 0.1) is 12.7 Å². The monoisotopic (exact) mass is 254 g/mol. The normalized spacial score (nSPS) is 10.5. The van der Waals surface area contributed by atoms with Crippen LogP contribution in [-0.4, -0.2) is 12.9 Å². The highest BCUT2D eigenvalue weighted by Gasteiger charge is 2.18. The van der Waals surface area contributed by atoms with E-state index in [4.69, 9.17) is 4.74 Å². The van der Waals surface area contributed by atoms with Gasteiger partial charge in [-0.05, 0) is 17.5 Å². The molecule has 0 heterocycles. The van der Waals surface area contributed by atoms with E-state index in [1.165, 1.54) is 0 Å². The zero-order valence-corrected chi connectivity index (χ0v) is 11.5. The van der Waals surface area contributed by atoms with E-state index in [0.717, 1.165) is 5.56 Å². The Kier molecular flexibility index (Phi) is 4.00. The number of para-hydroxylation sites is 1. The molecule has 0 aromatic heterocycles. The highest BCUT2D eigenvalue weighted by Crippen LogP contribution is 2.31. The number of benzene rings is 2. The van der Waals surface area contributed by atoms with Crippen LogP contribution in [0.4, 0.5) is 0 Å². The molecule has 0 bridgehead atoms. The van der Waals surface area contributed by atoms with Gasteiger partial charge in [-0.3, -0.25) is 4.79 Å². The first-order valence-electron chi connectivity index (χ1n) is 6.41. The van der Waals surface area contributed by atoms with Crippen LogP contribution in [0, 0.1) is 0 Å². The van der Waals surface area contributed by atoms with Crippen molar-refractivity contribution < 1.29 is 9.53 Å². The molecular formula is C17H18O2. The third-order valence-electron chi connectivity index (χ3n) is 3.15. The minimum absolute atomic E-state index is 0.0000463. The Hall–Kier alpha value is -2.09. The number of methoxy groups -OCH3 is 1. The maximum Gasteiger partial charge on any atom is 0.196 e. The summed E-state index contributed by atoms with van der Waals surface area (Å²) in [5.41, 5.74) is 2.37. The molecule has 0 atom stereocenters. The number of ether oxygens (including phenoxy) is 1. The minimum Gasteiger partial charge on any atom is -0.496 e. The number of carbonyl (C=O) groups excluding carboxylic acids is 1. The predicted molar refractivity (Wildman–Crippen MR) is 77.0 cm³/mol. The van der Waals surface area contributed by atoms with Gasteiger partial charge in [0, 0.05) is 5.56 Å². The van der Waals surface area contributed by atoms with E-state index in [2.05, 4.69) is 13.8 Å². The Balaban J connectivity index is 2.51. The van der Waals surface area contributed by atoms with Crippen LogP contribution in [0.15, 0.2) is 48.5 Å². The van der Waals surface area contributed by atoms with Gasteiger partial charge in [0.2, 0.25) is 0 Å². The summed E-state index contributed by atoms with van der Waals surface area (Å²) in [5, 5.41) is 0. The van der Waals surface area contributed by atoms with Crippen molar-refractivity contribution in [2.24, 2.45) is 0 Å². The first-order valence-corrected chi connectivity index (χ1v) is 6.41. The molecule has 2 rings (SSSR count). The summed E-state index contributed by atoms with van der Waals surface area (Å²) in [6.07, 6.45) is 0. The van der Waals surface area contributed by atoms with Gasteiger partial charge < -0.3 is 4.74 Å². The molecule has 0 saturated heterocycles. The number of rotatable bonds is 4. The molecule has 98 valence electrons. The van der Waals surface area contributed by atoms with E-state index in [1.54, 1.807) is 7.11 Å². The topological polar surface area (TPSA) is 26.3 Å². The molecule has 2 aromatic carbocycles. The van der Waals surface area contributed by atoms with Crippen molar-refractivity contribution in [2.45, 2.75) is 19.8 Å². The van der Waals surface area contributed by atoms with E-state index < -0.39 is 0 Å². The van der Waals surface area contributed by atoms with Crippen LogP contribution in [-0.2, 0) is 0 Å². The third kappa shape index (κ3) is 2.68. The first-order chi connectivity index (χ1) is 9.15. The quantitative estimate of drug-likeness (QED) is 0.769. The van der Waals surface area contributed by atoms with Crippen LogP contribution >= 0.6 is 0 Å². The molecule has 2 aromatic rings. The van der Waals surface area contributed by atoms with Gasteiger partial charge in [0.1, 0.15) is 5.75 Å². The van der Waals surface area contributed by atoms with Gasteiger partial charge in [-0.2, -0.15) is 0 Å². The van der Waals surface area contributed by atoms with Crippen LogP contribution in [0.5, 0.6) is 5.75 Å². The van der Waals surface area contributed by atoms with E-state index in [9.17, 15) is 4.79 Å². The average Bonchev–Trinajstić information content (AvgIpc) is 2.46. The molecule has 2 nitrogen and oxygen atoms in total. The van der Waals surface area contributed by atoms with E-state index in [0.29, 0.717) is 22.8 Å². The fourth-order valence-corrected chi connectivity index (χ4v) is 2.16. The fraction of sp³-hybridized carbons (Fsp3) is 0.235. The van der Waals surface area contributed by atoms with Crippen molar-refractivity contribution in [3.8, 4) is 5.75 Å². The van der Waals surface area contributed by atoms with E-state index in [1.807, 2.05) is 48.5 Å². The lowest BCUT2D eigenvalue weighted by Gasteiger charge is -2.15. The molecular weight excluding hydrogens is 236 g/mol. The van der Waals surface area contributed by atoms with Gasteiger partial charge >= 0.3 is 0 Å². The van der Waals surface area contributed by atoms with Crippen molar-refractivity contribution in [2.75, 3.05) is 7.11 Å². The molecule has 0 radical (unpaired) electrons. The van der Waals surface area contributed by atoms with Crippen molar-refractivity contribution in [3.63, 3.8) is 0 Å². The predicted octanol–water partition coefficient (Wildman–Crippen LogP) is 4.05. The molecule has 0 fully saturated rings. The van der Waals surface area contributed by atoms with Crippen LogP contribution < -0.4 is 4.74 Å². The summed E-state index contributed by atoms with van der Waals surface area (Å²) in [7, 11) is 1.61. The van der Waals surface area contributed by atoms with Crippen molar-refractivity contribution >= 4 is 5.78 Å². The van der Waals surface area contributed by atoms with Gasteiger partial charge in [0.15, 0.2) is 5.78 Å². The van der Waals surface area contributed by atoms with Gasteiger partial charge in [-0.15, -0.1) is 0 Å². The Morgan fingerprint density at radius 3 is 2.26 bits per heavy atom. The van der Waals surface area contributed by atoms with Crippen LogP contribution in [0.3, 0.4) is 0 Å². The van der Waals surface area contributed by atoms with Crippen molar-refractivity contribution in [1.82, 2.24) is 0 Å². The molecule has 0 aliphatic heterocycles. The summed E-state index contributed by atoms with van der Waals surface area (Å²) >= 11 is 0. The van der Waals surface area contributed by atoms with Gasteiger partial charge in [-0.1, -0.05) is 56.3 Å². The highest BCUT2D eigenvalue weighted by atomic mass is 16.5. The Morgan fingerprint density at radius 1 is 1.00 bits per heavy atom. The molecule has 19 heavy (non-hydrogen) atoms. The Morgan fingerprint density at radius 2 is 1.68 bits per heavy atom. The SMILES string of the molecule is COc1c(C(=O)c2ccccc2)cccc1C(C)C. The summed E-state index contributed by atoms with van der Waals surface area (Å²) in [6.45, 7) is 4.18. The largest absolute Gasteiger partial charge is 0.496 e. The number of hydrogen-bond donors (Lipinski definition) is 0. The number of hydrogen-bond acceptors (Lipinski definition) is 2. The van der Waals surface area contributed by atoms with Crippen LogP contribution in [0.25, 0.3) is 0 Å². The standard InChI is InChI=1S/C17H18O2/c1-12(2)14-10-7-11-15(17(14)19-3)16(18)13-8-5-4-6-9-13/h4-12H,1-3H3. The molecule has 0 saturated carbocycles. The fourth-order valence-electron chi connectivity index (χ4n) is 2.16. The second kappa shape index (κ2) is 5.70. The van der Waals surface area contributed by atoms with Gasteiger partial charge in [0.25, 0.3) is 0 Å². The zero-order chi connectivity index (χ0) is 13.8. The van der Waals surface area contributed by atoms with E-state index in [-0.39, 0.29) is 5.78 Å². The molecule has 0 aliphatic carbocycles. The van der Waals surface area contributed by atoms with E-state index >= 15 is 0 Å². The zero-order valence-electron chi connectivity index (χ0n) is 11.5. The molecule has 2 heteroatoms. The second-order valence-electron chi connectivity index (χ2n) is 4.78. The maximum absolute atomic E-state index is 12.5. The third-order valence-corrected chi connectivity index (χ3v) is 3.15. The molecule has 0 spiro atoms. The molecule has 0 unspecified atom stereocenters. The smallest absolute Gasteiger partial charge is 0.196 e. The summed E-state index contributed by atoms with van der Waals surface area (Å²) in [5.74, 6) is 1.00. The average molecular weight is 254 g/mol. The van der Waals surface area contributed by atoms with Crippen molar-refractivity contribution in [1.29, 1.82) is 0 Å². The van der Waals surface area contributed by atoms with Crippen LogP contribution in [0.1, 0.15) is 41.3 Å². The van der Waals surface area contributed by atoms with Crippen LogP contribution in [0.2, 0.25) is 0 Å². The minimum atomic E-state index is -0.0000463. The molecule has 0 N–H and O–H groups in total. The summed E-state index contributed by atoms with van der Waals surface area (Å²) < 4.78 is 5.46. The highest BCUT2D eigenvalue weighted by molar-refractivity contribution is 6.10. The van der Waals surface area contributed by atoms with Crippen molar-refractivity contribution in [3.05, 3.63) is 65.2 Å². The number of carbonyl (C=O) groups is 1. The number of ketones is 1. The van der Waals surface area contributed by atoms with Gasteiger partial charge in [-0.25, -0.2) is 0 Å². The second-order valence-corrected chi connectivity index (χ2v) is 4.78. The first kappa shape index (κ1) is 13.3. The lowest BCUT2D eigenvalue weighted by Crippen LogP contribution is -2.06. The molecule has 0 aliphatic rings. The lowest BCUT2D eigenvalue weighted by atomic mass is 9.95. The lowest BCUT2D eigenvalue weighted by molar-refractivity contribution is 0.103.